The number of likely N-dealkylation sites (tertiary alicyclic amines) is 1. The van der Waals surface area contributed by atoms with Crippen molar-refractivity contribution in [3.05, 3.63) is 89.0 Å². The first-order chi connectivity index (χ1) is 21.0. The van der Waals surface area contributed by atoms with Gasteiger partial charge >= 0.3 is 0 Å². The largest absolute Gasteiger partial charge is 0.388 e. The number of rotatable bonds is 9. The van der Waals surface area contributed by atoms with Crippen molar-refractivity contribution in [3.63, 3.8) is 0 Å². The summed E-state index contributed by atoms with van der Waals surface area (Å²) in [5, 5.41) is 2.95. The highest BCUT2D eigenvalue weighted by atomic mass is 19.3. The lowest BCUT2D eigenvalue weighted by atomic mass is 10.0. The second-order valence-electron chi connectivity index (χ2n) is 9.99. The molecule has 0 saturated carbocycles. The molecule has 3 rings (SSSR count). The Hall–Kier alpha value is -3.85. The number of nitrogens with zero attached hydrogens (tertiary/aromatic N) is 4. The maximum Gasteiger partial charge on any atom is 0.260 e. The molecule has 1 saturated heterocycles. The minimum atomic E-state index is -2.60. The average Bonchev–Trinajstić information content (AvgIpc) is 3.01. The van der Waals surface area contributed by atoms with Crippen LogP contribution in [0.2, 0.25) is 0 Å². The number of carbonyl (C=O) groups excluding carboxylic acids is 2. The molecular weight excluding hydrogens is 560 g/mol. The second-order valence-corrected chi connectivity index (χ2v) is 9.99. The number of hydrogen-bond donors (Lipinski definition) is 1. The van der Waals surface area contributed by atoms with Gasteiger partial charge < -0.3 is 15.1 Å². The molecule has 1 aromatic heterocycles. The third-order valence-corrected chi connectivity index (χ3v) is 6.32. The quantitative estimate of drug-likeness (QED) is 0.183. The maximum atomic E-state index is 13.7. The molecule has 0 aliphatic carbocycles. The number of halogens is 2. The third kappa shape index (κ3) is 14.6. The second kappa shape index (κ2) is 21.8. The summed E-state index contributed by atoms with van der Waals surface area (Å²) in [5.41, 5.74) is 5.19. The van der Waals surface area contributed by atoms with Crippen LogP contribution in [0.5, 0.6) is 0 Å². The lowest BCUT2D eigenvalue weighted by Gasteiger charge is -2.32. The van der Waals surface area contributed by atoms with Gasteiger partial charge in [-0.25, -0.2) is 8.78 Å². The van der Waals surface area contributed by atoms with Crippen LogP contribution < -0.4 is 10.2 Å². The fraction of sp³-hybridized carbons (Fsp3) is 0.457. The van der Waals surface area contributed by atoms with Crippen molar-refractivity contribution in [3.8, 4) is 0 Å². The van der Waals surface area contributed by atoms with Crippen molar-refractivity contribution < 1.29 is 18.4 Å². The Labute approximate surface area is 264 Å². The number of piperidine rings is 1. The number of aryl methyl sites for hydroxylation is 1. The van der Waals surface area contributed by atoms with Crippen LogP contribution in [0.1, 0.15) is 69.1 Å². The molecule has 0 bridgehead atoms. The molecule has 1 N–H and O–H groups in total. The summed E-state index contributed by atoms with van der Waals surface area (Å²) in [7, 11) is 7.15. The van der Waals surface area contributed by atoms with E-state index in [2.05, 4.69) is 10.3 Å². The smallest absolute Gasteiger partial charge is 0.260 e. The highest BCUT2D eigenvalue weighted by Crippen LogP contribution is 2.28. The number of pyridine rings is 1. The highest BCUT2D eigenvalue weighted by Gasteiger charge is 2.34. The van der Waals surface area contributed by atoms with Gasteiger partial charge in [0.15, 0.2) is 0 Å². The molecule has 0 spiro atoms. The molecular formula is C35H53F2N5O2. The molecule has 1 aliphatic heterocycles. The summed E-state index contributed by atoms with van der Waals surface area (Å²) >= 11 is 0. The number of aromatic nitrogens is 1. The zero-order valence-electron chi connectivity index (χ0n) is 28.3. The summed E-state index contributed by atoms with van der Waals surface area (Å²) in [6.07, 6.45) is 10.1. The lowest BCUT2D eigenvalue weighted by molar-refractivity contribution is -0.104. The predicted octanol–water partition coefficient (Wildman–Crippen LogP) is 7.22. The fourth-order valence-electron chi connectivity index (χ4n) is 4.28. The standard InChI is InChI=1S/C22H30F2N4O.C9H11NO.2C2H6/c1-17(15-28-11-5-9-22(23,24)16-28)14-20-18(2)26-10-6-21(20)27(4)12-7-19(25-3)8-13-29;1-10(2)9(11)8-6-4-3-5-7-8;2*1-2/h6-8,10,12-14,25H,5,9,11,15-16H2,1-4H3;3-7H,1-2H3;2*1-2H3/b12-7-,17-14+,19-8+;;;. The van der Waals surface area contributed by atoms with E-state index in [0.29, 0.717) is 25.2 Å². The molecule has 0 atom stereocenters. The van der Waals surface area contributed by atoms with E-state index in [1.807, 2.05) is 107 Å². The number of nitrogens with one attached hydrogen (secondary N) is 1. The van der Waals surface area contributed by atoms with Gasteiger partial charge in [0, 0.05) is 82.1 Å². The van der Waals surface area contributed by atoms with E-state index in [0.717, 1.165) is 34.4 Å². The van der Waals surface area contributed by atoms with Crippen LogP contribution in [0.25, 0.3) is 6.08 Å². The number of benzene rings is 1. The number of aldehydes is 1. The predicted molar refractivity (Wildman–Crippen MR) is 181 cm³/mol. The minimum Gasteiger partial charge on any atom is -0.388 e. The van der Waals surface area contributed by atoms with Crippen molar-refractivity contribution in [1.29, 1.82) is 0 Å². The van der Waals surface area contributed by atoms with Crippen molar-refractivity contribution in [1.82, 2.24) is 20.1 Å². The molecule has 1 fully saturated rings. The SMILES string of the molecule is CC.CC.CN(C)C(=O)c1ccccc1.CNC(/C=C\N(C)c1ccnc(C)c1/C=C(\C)CN1CCCC(F)(F)C1)=C/C=O. The molecule has 0 radical (unpaired) electrons. The topological polar surface area (TPSA) is 68.8 Å². The molecule has 7 nitrogen and oxygen atoms in total. The Kier molecular flexibility index (Phi) is 19.9. The Morgan fingerprint density at radius 3 is 2.27 bits per heavy atom. The van der Waals surface area contributed by atoms with Gasteiger partial charge in [-0.3, -0.25) is 19.5 Å². The van der Waals surface area contributed by atoms with E-state index >= 15 is 0 Å². The van der Waals surface area contributed by atoms with Crippen LogP contribution in [0.3, 0.4) is 0 Å². The number of anilines is 1. The summed E-state index contributed by atoms with van der Waals surface area (Å²) in [6.45, 7) is 12.9. The zero-order chi connectivity index (χ0) is 33.7. The third-order valence-electron chi connectivity index (χ3n) is 6.32. The first-order valence-electron chi connectivity index (χ1n) is 15.2. The molecule has 244 valence electrons. The molecule has 1 amide bonds. The van der Waals surface area contributed by atoms with E-state index < -0.39 is 5.92 Å². The Bertz CT molecular complexity index is 1210. The van der Waals surface area contributed by atoms with Crippen LogP contribution in [0, 0.1) is 6.92 Å². The van der Waals surface area contributed by atoms with Gasteiger partial charge in [0.25, 0.3) is 11.8 Å². The van der Waals surface area contributed by atoms with Crippen LogP contribution in [0.15, 0.2) is 72.2 Å². The molecule has 2 aromatic rings. The van der Waals surface area contributed by atoms with Crippen molar-refractivity contribution in [2.45, 2.75) is 60.3 Å². The maximum absolute atomic E-state index is 13.7. The van der Waals surface area contributed by atoms with E-state index in [-0.39, 0.29) is 18.9 Å². The van der Waals surface area contributed by atoms with E-state index in [9.17, 15) is 18.4 Å². The number of amides is 1. The number of allylic oxidation sites excluding steroid dienone is 2. The molecule has 44 heavy (non-hydrogen) atoms. The number of carbonyl (C=O) groups is 2. The summed E-state index contributed by atoms with van der Waals surface area (Å²) in [5.74, 6) is -2.55. The van der Waals surface area contributed by atoms with Crippen molar-refractivity contribution in [2.75, 3.05) is 52.7 Å². The average molecular weight is 614 g/mol. The van der Waals surface area contributed by atoms with Gasteiger partial charge in [0.2, 0.25) is 0 Å². The Balaban J connectivity index is 0.00000102. The first kappa shape index (κ1) is 40.1. The van der Waals surface area contributed by atoms with E-state index in [1.165, 1.54) is 6.08 Å². The van der Waals surface area contributed by atoms with Gasteiger partial charge in [-0.1, -0.05) is 57.5 Å². The van der Waals surface area contributed by atoms with E-state index in [4.69, 9.17) is 0 Å². The number of alkyl halides is 2. The first-order valence-corrected chi connectivity index (χ1v) is 15.2. The van der Waals surface area contributed by atoms with Crippen LogP contribution in [-0.4, -0.2) is 80.7 Å². The van der Waals surface area contributed by atoms with Gasteiger partial charge in [-0.2, -0.15) is 0 Å². The van der Waals surface area contributed by atoms with Gasteiger partial charge in [0.1, 0.15) is 6.29 Å². The zero-order valence-corrected chi connectivity index (χ0v) is 28.3. The summed E-state index contributed by atoms with van der Waals surface area (Å²) in [4.78, 5) is 31.7. The highest BCUT2D eigenvalue weighted by molar-refractivity contribution is 5.93. The molecule has 1 aromatic carbocycles. The number of hydrogen-bond acceptors (Lipinski definition) is 6. The fourth-order valence-corrected chi connectivity index (χ4v) is 4.28. The molecule has 2 heterocycles. The molecule has 0 unspecified atom stereocenters. The monoisotopic (exact) mass is 613 g/mol. The Morgan fingerprint density at radius 2 is 1.73 bits per heavy atom. The molecule has 9 heteroatoms. The summed E-state index contributed by atoms with van der Waals surface area (Å²) < 4.78 is 27.4. The van der Waals surface area contributed by atoms with Crippen LogP contribution >= 0.6 is 0 Å². The lowest BCUT2D eigenvalue weighted by Crippen LogP contribution is -2.43. The van der Waals surface area contributed by atoms with Crippen molar-refractivity contribution >= 4 is 24.0 Å². The van der Waals surface area contributed by atoms with Gasteiger partial charge in [-0.15, -0.1) is 0 Å². The number of likely N-dealkylation sites (N-methyl/N-ethyl adjacent to an activating group) is 1. The van der Waals surface area contributed by atoms with Crippen LogP contribution in [0.4, 0.5) is 14.5 Å². The van der Waals surface area contributed by atoms with E-state index in [1.54, 1.807) is 38.3 Å². The summed E-state index contributed by atoms with van der Waals surface area (Å²) in [6, 6.07) is 11.1. The molecule has 1 aliphatic rings. The Morgan fingerprint density at radius 1 is 1.09 bits per heavy atom. The minimum absolute atomic E-state index is 0.0254. The normalized spacial score (nSPS) is 14.5. The van der Waals surface area contributed by atoms with Gasteiger partial charge in [-0.05, 0) is 51.1 Å². The van der Waals surface area contributed by atoms with Crippen molar-refractivity contribution in [2.24, 2.45) is 0 Å². The van der Waals surface area contributed by atoms with Crippen LogP contribution in [-0.2, 0) is 4.79 Å². The van der Waals surface area contributed by atoms with Gasteiger partial charge in [0.05, 0.1) is 12.2 Å².